The van der Waals surface area contributed by atoms with E-state index in [1.54, 1.807) is 0 Å². The summed E-state index contributed by atoms with van der Waals surface area (Å²) in [5.41, 5.74) is 8.08. The summed E-state index contributed by atoms with van der Waals surface area (Å²) in [6, 6.07) is 5.84. The number of anilines is 1. The number of hydrogen-bond donors (Lipinski definition) is 2. The van der Waals surface area contributed by atoms with Gasteiger partial charge in [-0.2, -0.15) is 0 Å². The Balaban J connectivity index is 2.75. The van der Waals surface area contributed by atoms with E-state index in [0.717, 1.165) is 36.1 Å². The van der Waals surface area contributed by atoms with Crippen LogP contribution in [0.3, 0.4) is 0 Å². The van der Waals surface area contributed by atoms with Crippen LogP contribution in [0.25, 0.3) is 0 Å². The van der Waals surface area contributed by atoms with Gasteiger partial charge >= 0.3 is 0 Å². The van der Waals surface area contributed by atoms with Crippen molar-refractivity contribution in [3.63, 3.8) is 0 Å². The molecule has 0 radical (unpaired) electrons. The van der Waals surface area contributed by atoms with Gasteiger partial charge in [-0.1, -0.05) is 37.7 Å². The van der Waals surface area contributed by atoms with Gasteiger partial charge in [-0.15, -0.1) is 0 Å². The fourth-order valence-corrected chi connectivity index (χ4v) is 1.77. The molecule has 102 valence electrons. The van der Waals surface area contributed by atoms with E-state index in [2.05, 4.69) is 24.1 Å². The Morgan fingerprint density at radius 3 is 2.84 bits per heavy atom. The molecule has 1 aromatic rings. The van der Waals surface area contributed by atoms with Gasteiger partial charge in [-0.25, -0.2) is 0 Å². The molecule has 0 spiro atoms. The van der Waals surface area contributed by atoms with E-state index in [1.165, 1.54) is 0 Å². The van der Waals surface area contributed by atoms with Crippen LogP contribution in [0.5, 0.6) is 0 Å². The molecule has 0 heterocycles. The lowest BCUT2D eigenvalue weighted by Gasteiger charge is -2.08. The Morgan fingerprint density at radius 2 is 2.16 bits per heavy atom. The molecule has 0 bridgehead atoms. The Morgan fingerprint density at radius 1 is 1.37 bits per heavy atom. The number of nitrogens with two attached hydrogens (primary N) is 1. The second-order valence-corrected chi connectivity index (χ2v) is 4.56. The van der Waals surface area contributed by atoms with Crippen molar-refractivity contribution in [1.82, 2.24) is 0 Å². The molecule has 19 heavy (non-hydrogen) atoms. The molecular weight excluding hydrogens is 236 g/mol. The largest absolute Gasteiger partial charge is 0.325 e. The van der Waals surface area contributed by atoms with E-state index in [0.29, 0.717) is 13.0 Å². The number of unbranched alkanes of at least 4 members (excludes halogenated alkanes) is 2. The second-order valence-electron chi connectivity index (χ2n) is 4.56. The van der Waals surface area contributed by atoms with E-state index < -0.39 is 0 Å². The van der Waals surface area contributed by atoms with Crippen molar-refractivity contribution in [3.8, 4) is 11.8 Å². The van der Waals surface area contributed by atoms with Crippen LogP contribution < -0.4 is 11.1 Å². The van der Waals surface area contributed by atoms with Gasteiger partial charge in [0.15, 0.2) is 0 Å². The second kappa shape index (κ2) is 8.34. The van der Waals surface area contributed by atoms with E-state index in [1.807, 2.05) is 25.1 Å². The normalized spacial score (nSPS) is 9.63. The van der Waals surface area contributed by atoms with E-state index in [-0.39, 0.29) is 5.91 Å². The first-order valence-corrected chi connectivity index (χ1v) is 6.76. The molecule has 0 unspecified atom stereocenters. The highest BCUT2D eigenvalue weighted by molar-refractivity contribution is 5.92. The summed E-state index contributed by atoms with van der Waals surface area (Å²) in [5.74, 6) is 5.85. The molecule has 0 aromatic heterocycles. The van der Waals surface area contributed by atoms with Crippen LogP contribution in [0, 0.1) is 18.8 Å². The predicted octanol–water partition coefficient (Wildman–Crippen LogP) is 2.82. The van der Waals surface area contributed by atoms with E-state index in [9.17, 15) is 4.79 Å². The maximum Gasteiger partial charge on any atom is 0.224 e. The zero-order valence-electron chi connectivity index (χ0n) is 11.8. The number of nitrogens with one attached hydrogen (secondary N) is 1. The van der Waals surface area contributed by atoms with Gasteiger partial charge in [0.2, 0.25) is 5.91 Å². The first kappa shape index (κ1) is 15.3. The van der Waals surface area contributed by atoms with Crippen LogP contribution in [0.1, 0.15) is 43.7 Å². The molecule has 1 rings (SSSR count). The molecule has 0 atom stereocenters. The molecule has 0 aliphatic rings. The van der Waals surface area contributed by atoms with Gasteiger partial charge in [-0.3, -0.25) is 4.79 Å². The van der Waals surface area contributed by atoms with E-state index >= 15 is 0 Å². The monoisotopic (exact) mass is 258 g/mol. The third-order valence-corrected chi connectivity index (χ3v) is 2.78. The van der Waals surface area contributed by atoms with Crippen molar-refractivity contribution in [1.29, 1.82) is 0 Å². The first-order chi connectivity index (χ1) is 9.17. The zero-order chi connectivity index (χ0) is 14.1. The lowest BCUT2D eigenvalue weighted by molar-refractivity contribution is -0.116. The van der Waals surface area contributed by atoms with Crippen LogP contribution in [0.15, 0.2) is 18.2 Å². The van der Waals surface area contributed by atoms with Crippen molar-refractivity contribution < 1.29 is 4.79 Å². The van der Waals surface area contributed by atoms with Crippen molar-refractivity contribution in [3.05, 3.63) is 29.3 Å². The summed E-state index contributed by atoms with van der Waals surface area (Å²) in [6.45, 7) is 4.43. The molecule has 0 aliphatic carbocycles. The third-order valence-electron chi connectivity index (χ3n) is 2.78. The van der Waals surface area contributed by atoms with Gasteiger partial charge in [0.05, 0.1) is 12.2 Å². The van der Waals surface area contributed by atoms with Crippen LogP contribution in [-0.4, -0.2) is 12.5 Å². The number of hydrogen-bond acceptors (Lipinski definition) is 2. The average molecular weight is 258 g/mol. The standard InChI is InChI=1S/C16H22N2O/c1-3-4-5-8-16(19)18-15-12-13(2)9-10-14(15)7-6-11-17/h9-10,12H,3-5,8,11,17H2,1-2H3,(H,18,19). The van der Waals surface area contributed by atoms with Gasteiger partial charge in [0.1, 0.15) is 0 Å². The Kier molecular flexibility index (Phi) is 6.70. The minimum absolute atomic E-state index is 0.0508. The smallest absolute Gasteiger partial charge is 0.224 e. The highest BCUT2D eigenvalue weighted by Crippen LogP contribution is 2.17. The minimum atomic E-state index is 0.0508. The van der Waals surface area contributed by atoms with Gasteiger partial charge in [0.25, 0.3) is 0 Å². The van der Waals surface area contributed by atoms with Crippen LogP contribution >= 0.6 is 0 Å². The maximum atomic E-state index is 11.8. The summed E-state index contributed by atoms with van der Waals surface area (Å²) >= 11 is 0. The molecule has 0 fully saturated rings. The molecule has 1 aromatic carbocycles. The first-order valence-electron chi connectivity index (χ1n) is 6.76. The van der Waals surface area contributed by atoms with Crippen LogP contribution in [-0.2, 0) is 4.79 Å². The lowest BCUT2D eigenvalue weighted by Crippen LogP contribution is -2.12. The molecular formula is C16H22N2O. The van der Waals surface area contributed by atoms with E-state index in [4.69, 9.17) is 5.73 Å². The SMILES string of the molecule is CCCCCC(=O)Nc1cc(C)ccc1C#CCN. The number of carbonyl (C=O) groups is 1. The average Bonchev–Trinajstić information content (AvgIpc) is 2.38. The Hall–Kier alpha value is -1.79. The molecule has 3 heteroatoms. The number of benzene rings is 1. The van der Waals surface area contributed by atoms with Crippen molar-refractivity contribution >= 4 is 11.6 Å². The van der Waals surface area contributed by atoms with Crippen molar-refractivity contribution in [2.24, 2.45) is 5.73 Å². The fraction of sp³-hybridized carbons (Fsp3) is 0.438. The number of rotatable bonds is 5. The van der Waals surface area contributed by atoms with Crippen molar-refractivity contribution in [2.75, 3.05) is 11.9 Å². The summed E-state index contributed by atoms with van der Waals surface area (Å²) in [6.07, 6.45) is 3.69. The molecule has 0 aliphatic heterocycles. The number of aryl methyl sites for hydroxylation is 1. The Labute approximate surface area is 115 Å². The molecule has 0 saturated heterocycles. The minimum Gasteiger partial charge on any atom is -0.325 e. The Bertz CT molecular complexity index is 483. The summed E-state index contributed by atoms with van der Waals surface area (Å²) in [4.78, 5) is 11.8. The van der Waals surface area contributed by atoms with Gasteiger partial charge in [-0.05, 0) is 31.0 Å². The predicted molar refractivity (Wildman–Crippen MR) is 79.9 cm³/mol. The molecule has 3 N–H and O–H groups in total. The highest BCUT2D eigenvalue weighted by atomic mass is 16.1. The third kappa shape index (κ3) is 5.58. The van der Waals surface area contributed by atoms with Crippen LogP contribution in [0.2, 0.25) is 0 Å². The fourth-order valence-electron chi connectivity index (χ4n) is 1.77. The van der Waals surface area contributed by atoms with Gasteiger partial charge in [0, 0.05) is 12.0 Å². The van der Waals surface area contributed by atoms with Gasteiger partial charge < -0.3 is 11.1 Å². The summed E-state index contributed by atoms with van der Waals surface area (Å²) in [5, 5.41) is 2.94. The summed E-state index contributed by atoms with van der Waals surface area (Å²) < 4.78 is 0. The molecule has 1 amide bonds. The zero-order valence-corrected chi connectivity index (χ0v) is 11.8. The summed E-state index contributed by atoms with van der Waals surface area (Å²) in [7, 11) is 0. The number of carbonyl (C=O) groups excluding carboxylic acids is 1. The highest BCUT2D eigenvalue weighted by Gasteiger charge is 2.05. The molecule has 0 saturated carbocycles. The van der Waals surface area contributed by atoms with Crippen molar-refractivity contribution in [2.45, 2.75) is 39.5 Å². The quantitative estimate of drug-likeness (QED) is 0.630. The van der Waals surface area contributed by atoms with Crippen LogP contribution in [0.4, 0.5) is 5.69 Å². The topological polar surface area (TPSA) is 55.1 Å². The lowest BCUT2D eigenvalue weighted by atomic mass is 10.1. The molecule has 3 nitrogen and oxygen atoms in total. The maximum absolute atomic E-state index is 11.8. The number of amides is 1.